The average Bonchev–Trinajstić information content (AvgIpc) is 2.77. The van der Waals surface area contributed by atoms with Crippen LogP contribution in [-0.2, 0) is 26.3 Å². The molecule has 1 aromatic carbocycles. The van der Waals surface area contributed by atoms with Crippen LogP contribution in [-0.4, -0.2) is 21.0 Å². The molecule has 0 aliphatic rings. The number of benzene rings is 1. The van der Waals surface area contributed by atoms with Crippen LogP contribution in [0.2, 0.25) is 0 Å². The highest BCUT2D eigenvalue weighted by molar-refractivity contribution is 5.22. The predicted molar refractivity (Wildman–Crippen MR) is 81.8 cm³/mol. The van der Waals surface area contributed by atoms with Gasteiger partial charge in [-0.25, -0.2) is 0 Å². The lowest BCUT2D eigenvalue weighted by molar-refractivity contribution is 0.162. The Morgan fingerprint density at radius 1 is 1.30 bits per heavy atom. The van der Waals surface area contributed by atoms with E-state index in [9.17, 15) is 5.11 Å². The molecule has 3 heteroatoms. The molecule has 0 radical (unpaired) electrons. The van der Waals surface area contributed by atoms with Crippen LogP contribution >= 0.6 is 0 Å². The van der Waals surface area contributed by atoms with Gasteiger partial charge in [-0.3, -0.25) is 4.68 Å². The first-order chi connectivity index (χ1) is 9.58. The van der Waals surface area contributed by atoms with Crippen molar-refractivity contribution in [3.8, 4) is 0 Å². The summed E-state index contributed by atoms with van der Waals surface area (Å²) in [4.78, 5) is 0. The molecule has 1 heterocycles. The number of aliphatic hydroxyl groups excluding tert-OH is 1. The van der Waals surface area contributed by atoms with Gasteiger partial charge in [0.15, 0.2) is 0 Å². The van der Waals surface area contributed by atoms with Gasteiger partial charge in [0.1, 0.15) is 0 Å². The van der Waals surface area contributed by atoms with Crippen LogP contribution in [0.3, 0.4) is 0 Å². The minimum absolute atomic E-state index is 0.310. The topological polar surface area (TPSA) is 38.0 Å². The number of rotatable bonds is 6. The van der Waals surface area contributed by atoms with Crippen molar-refractivity contribution in [2.75, 3.05) is 0 Å². The largest absolute Gasteiger partial charge is 0.393 e. The lowest BCUT2D eigenvalue weighted by Gasteiger charge is -2.11. The van der Waals surface area contributed by atoms with Gasteiger partial charge < -0.3 is 5.11 Å². The highest BCUT2D eigenvalue weighted by Crippen LogP contribution is 2.12. The molecule has 0 amide bonds. The maximum absolute atomic E-state index is 10.2. The molecular formula is C17H24N2O. The van der Waals surface area contributed by atoms with Gasteiger partial charge in [0.05, 0.1) is 11.8 Å². The highest BCUT2D eigenvalue weighted by Gasteiger charge is 2.10. The van der Waals surface area contributed by atoms with Crippen LogP contribution in [0.4, 0.5) is 0 Å². The number of aryl methyl sites for hydroxylation is 4. The van der Waals surface area contributed by atoms with E-state index < -0.39 is 0 Å². The van der Waals surface area contributed by atoms with Crippen molar-refractivity contribution >= 4 is 0 Å². The fourth-order valence-electron chi connectivity index (χ4n) is 2.48. The first kappa shape index (κ1) is 14.8. The van der Waals surface area contributed by atoms with Gasteiger partial charge >= 0.3 is 0 Å². The van der Waals surface area contributed by atoms with E-state index in [1.807, 2.05) is 11.7 Å². The Balaban J connectivity index is 1.89. The maximum atomic E-state index is 10.2. The Bertz CT molecular complexity index is 560. The standard InChI is InChI=1S/C17H24N2O/c1-4-15-11-16(19(3)18-15)12-17(20)9-8-14-7-5-6-13(2)10-14/h5-7,10-11,17,20H,4,8-9,12H2,1-3H3. The first-order valence-corrected chi connectivity index (χ1v) is 7.34. The summed E-state index contributed by atoms with van der Waals surface area (Å²) in [6.45, 7) is 4.20. The molecule has 0 bridgehead atoms. The average molecular weight is 272 g/mol. The van der Waals surface area contributed by atoms with Crippen molar-refractivity contribution in [2.45, 2.75) is 45.6 Å². The lowest BCUT2D eigenvalue weighted by atomic mass is 10.0. The van der Waals surface area contributed by atoms with Crippen LogP contribution < -0.4 is 0 Å². The zero-order valence-electron chi connectivity index (χ0n) is 12.6. The lowest BCUT2D eigenvalue weighted by Crippen LogP contribution is -2.14. The second kappa shape index (κ2) is 6.71. The third kappa shape index (κ3) is 3.94. The van der Waals surface area contributed by atoms with Crippen LogP contribution in [0.1, 0.15) is 35.9 Å². The number of aliphatic hydroxyl groups is 1. The zero-order valence-corrected chi connectivity index (χ0v) is 12.6. The van der Waals surface area contributed by atoms with E-state index >= 15 is 0 Å². The smallest absolute Gasteiger partial charge is 0.0624 e. The van der Waals surface area contributed by atoms with Gasteiger partial charge in [0, 0.05) is 19.2 Å². The van der Waals surface area contributed by atoms with Gasteiger partial charge in [-0.15, -0.1) is 0 Å². The summed E-state index contributed by atoms with van der Waals surface area (Å²) in [6, 6.07) is 10.6. The van der Waals surface area contributed by atoms with E-state index in [1.54, 1.807) is 0 Å². The van der Waals surface area contributed by atoms with Crippen LogP contribution in [0, 0.1) is 6.92 Å². The van der Waals surface area contributed by atoms with E-state index in [-0.39, 0.29) is 6.10 Å². The van der Waals surface area contributed by atoms with Gasteiger partial charge in [-0.2, -0.15) is 5.10 Å². The monoisotopic (exact) mass is 272 g/mol. The van der Waals surface area contributed by atoms with Crippen molar-refractivity contribution < 1.29 is 5.11 Å². The molecule has 108 valence electrons. The van der Waals surface area contributed by atoms with Gasteiger partial charge in [-0.05, 0) is 37.8 Å². The summed E-state index contributed by atoms with van der Waals surface area (Å²) >= 11 is 0. The fourth-order valence-corrected chi connectivity index (χ4v) is 2.48. The third-order valence-corrected chi connectivity index (χ3v) is 3.68. The van der Waals surface area contributed by atoms with E-state index in [1.165, 1.54) is 11.1 Å². The molecule has 1 aromatic heterocycles. The first-order valence-electron chi connectivity index (χ1n) is 7.34. The second-order valence-corrected chi connectivity index (χ2v) is 5.49. The van der Waals surface area contributed by atoms with E-state index in [4.69, 9.17) is 0 Å². The highest BCUT2D eigenvalue weighted by atomic mass is 16.3. The Labute approximate surface area is 121 Å². The summed E-state index contributed by atoms with van der Waals surface area (Å²) < 4.78 is 1.88. The molecule has 0 saturated carbocycles. The minimum Gasteiger partial charge on any atom is -0.393 e. The number of hydrogen-bond acceptors (Lipinski definition) is 2. The SMILES string of the molecule is CCc1cc(CC(O)CCc2cccc(C)c2)n(C)n1. The van der Waals surface area contributed by atoms with Crippen LogP contribution in [0.15, 0.2) is 30.3 Å². The normalized spacial score (nSPS) is 12.6. The molecule has 2 aromatic rings. The Hall–Kier alpha value is -1.61. The zero-order chi connectivity index (χ0) is 14.5. The predicted octanol–water partition coefficient (Wildman–Crippen LogP) is 2.83. The summed E-state index contributed by atoms with van der Waals surface area (Å²) in [6.07, 6.45) is 3.01. The summed E-state index contributed by atoms with van der Waals surface area (Å²) in [7, 11) is 1.95. The molecule has 1 atom stereocenters. The van der Waals surface area contributed by atoms with Gasteiger partial charge in [0.2, 0.25) is 0 Å². The fraction of sp³-hybridized carbons (Fsp3) is 0.471. The number of nitrogens with zero attached hydrogens (tertiary/aromatic N) is 2. The van der Waals surface area contributed by atoms with E-state index in [0.29, 0.717) is 6.42 Å². The molecule has 3 nitrogen and oxygen atoms in total. The quantitative estimate of drug-likeness (QED) is 0.878. The summed E-state index contributed by atoms with van der Waals surface area (Å²) in [5.74, 6) is 0. The van der Waals surface area contributed by atoms with Crippen molar-refractivity contribution in [1.82, 2.24) is 9.78 Å². The second-order valence-electron chi connectivity index (χ2n) is 5.49. The Morgan fingerprint density at radius 2 is 2.10 bits per heavy atom. The van der Waals surface area contributed by atoms with Gasteiger partial charge in [0.25, 0.3) is 0 Å². The Morgan fingerprint density at radius 3 is 2.75 bits per heavy atom. The molecule has 0 fully saturated rings. The molecular weight excluding hydrogens is 248 g/mol. The maximum Gasteiger partial charge on any atom is 0.0624 e. The number of hydrogen-bond donors (Lipinski definition) is 1. The van der Waals surface area contributed by atoms with Crippen molar-refractivity contribution in [2.24, 2.45) is 7.05 Å². The molecule has 1 N–H and O–H groups in total. The summed E-state index contributed by atoms with van der Waals surface area (Å²) in [5, 5.41) is 14.6. The van der Waals surface area contributed by atoms with E-state index in [0.717, 1.165) is 30.7 Å². The molecule has 20 heavy (non-hydrogen) atoms. The van der Waals surface area contributed by atoms with Gasteiger partial charge in [-0.1, -0.05) is 36.8 Å². The molecule has 0 saturated heterocycles. The molecule has 2 rings (SSSR count). The third-order valence-electron chi connectivity index (χ3n) is 3.68. The minimum atomic E-state index is -0.310. The van der Waals surface area contributed by atoms with Crippen molar-refractivity contribution in [1.29, 1.82) is 0 Å². The van der Waals surface area contributed by atoms with Crippen LogP contribution in [0.5, 0.6) is 0 Å². The molecule has 1 unspecified atom stereocenters. The summed E-state index contributed by atoms with van der Waals surface area (Å²) in [5.41, 5.74) is 4.77. The van der Waals surface area contributed by atoms with Crippen molar-refractivity contribution in [3.63, 3.8) is 0 Å². The Kier molecular flexibility index (Phi) is 4.96. The molecule has 0 spiro atoms. The van der Waals surface area contributed by atoms with E-state index in [2.05, 4.69) is 49.3 Å². The number of aromatic nitrogens is 2. The molecule has 0 aliphatic carbocycles. The van der Waals surface area contributed by atoms with Crippen molar-refractivity contribution in [3.05, 3.63) is 52.8 Å². The van der Waals surface area contributed by atoms with Crippen LogP contribution in [0.25, 0.3) is 0 Å². The molecule has 0 aliphatic heterocycles.